The summed E-state index contributed by atoms with van der Waals surface area (Å²) in [6.07, 6.45) is 4.51. The normalized spacial score (nSPS) is 20.2. The summed E-state index contributed by atoms with van der Waals surface area (Å²) in [5.74, 6) is 0. The van der Waals surface area contributed by atoms with E-state index in [4.69, 9.17) is 0 Å². The van der Waals surface area contributed by atoms with Crippen LogP contribution in [0.25, 0.3) is 6.08 Å². The molecule has 0 saturated carbocycles. The number of allylic oxidation sites excluding steroid dienone is 1. The molecule has 0 amide bonds. The van der Waals surface area contributed by atoms with Gasteiger partial charge in [-0.15, -0.1) is 0 Å². The first-order valence-electron chi connectivity index (χ1n) is 3.47. The fraction of sp³-hybridized carbons (Fsp3) is 0.111. The summed E-state index contributed by atoms with van der Waals surface area (Å²) in [6.45, 7) is 0. The van der Waals surface area contributed by atoms with Gasteiger partial charge in [-0.1, -0.05) is 0 Å². The monoisotopic (exact) mass is 373 g/mol. The van der Waals surface area contributed by atoms with Crippen LogP contribution in [0, 0.1) is 0 Å². The van der Waals surface area contributed by atoms with E-state index in [1.165, 1.54) is 40.0 Å². The van der Waals surface area contributed by atoms with Crippen LogP contribution in [0.3, 0.4) is 0 Å². The van der Waals surface area contributed by atoms with Crippen molar-refractivity contribution in [1.29, 1.82) is 0 Å². The third kappa shape index (κ3) is 1.31. The minimum atomic E-state index is 0.725. The Morgan fingerprint density at radius 1 is 1.36 bits per heavy atom. The van der Waals surface area contributed by atoms with Gasteiger partial charge in [-0.05, 0) is 0 Å². The molecule has 2 heteroatoms. The zero-order valence-corrected chi connectivity index (χ0v) is 11.0. The van der Waals surface area contributed by atoms with Gasteiger partial charge in [0.15, 0.2) is 0 Å². The van der Waals surface area contributed by atoms with Gasteiger partial charge in [0.2, 0.25) is 0 Å². The van der Waals surface area contributed by atoms with Crippen LogP contribution in [0.5, 0.6) is 0 Å². The van der Waals surface area contributed by atoms with Crippen LogP contribution in [0.2, 0.25) is 0 Å². The molecule has 0 radical (unpaired) electrons. The summed E-state index contributed by atoms with van der Waals surface area (Å²) >= 11 is 4.76. The van der Waals surface area contributed by atoms with Crippen molar-refractivity contribution in [3.8, 4) is 0 Å². The predicted molar refractivity (Wildman–Crippen MR) is 45.9 cm³/mol. The number of hydrogen-bond acceptors (Lipinski definition) is 0. The molecule has 0 spiro atoms. The summed E-state index contributed by atoms with van der Waals surface area (Å²) in [4.78, 5) is 0. The molecule has 0 N–H and O–H groups in total. The summed E-state index contributed by atoms with van der Waals surface area (Å²) in [6, 6.07) is 6.43. The standard InChI is InChI=1S/C9H6Br.Hf/c10-9-6-2-4-7-3-1-5-8(7)9;/h1-6H;. The van der Waals surface area contributed by atoms with E-state index in [9.17, 15) is 0 Å². The third-order valence-corrected chi connectivity index (χ3v) is 4.38. The van der Waals surface area contributed by atoms with E-state index in [1.54, 1.807) is 0 Å². The van der Waals surface area contributed by atoms with Gasteiger partial charge in [-0.2, -0.15) is 0 Å². The zero-order valence-electron chi connectivity index (χ0n) is 5.84. The van der Waals surface area contributed by atoms with Crippen molar-refractivity contribution in [2.75, 3.05) is 0 Å². The van der Waals surface area contributed by atoms with Gasteiger partial charge < -0.3 is 0 Å². The van der Waals surface area contributed by atoms with Gasteiger partial charge in [-0.3, -0.25) is 0 Å². The topological polar surface area (TPSA) is 0 Å². The first-order chi connectivity index (χ1) is 5.29. The van der Waals surface area contributed by atoms with Gasteiger partial charge >= 0.3 is 89.9 Å². The molecule has 1 aromatic rings. The SMILES string of the molecule is Brc1cccc2c1C=C[CH]2[Hf]. The van der Waals surface area contributed by atoms with Crippen LogP contribution >= 0.6 is 15.9 Å². The zero-order chi connectivity index (χ0) is 7.84. The number of halogens is 1. The number of rotatable bonds is 0. The average Bonchev–Trinajstić information content (AvgIpc) is 2.35. The van der Waals surface area contributed by atoms with Gasteiger partial charge in [-0.25, -0.2) is 0 Å². The van der Waals surface area contributed by atoms with Crippen LogP contribution in [0.4, 0.5) is 0 Å². The average molecular weight is 373 g/mol. The summed E-state index contributed by atoms with van der Waals surface area (Å²) < 4.78 is 1.95. The van der Waals surface area contributed by atoms with Crippen molar-refractivity contribution in [3.63, 3.8) is 0 Å². The van der Waals surface area contributed by atoms with E-state index in [0.717, 1.165) is 3.67 Å². The molecule has 0 bridgehead atoms. The number of fused-ring (bicyclic) bond motifs is 1. The van der Waals surface area contributed by atoms with Crippen molar-refractivity contribution in [2.24, 2.45) is 0 Å². The van der Waals surface area contributed by atoms with Crippen LogP contribution in [-0.2, 0) is 24.4 Å². The van der Waals surface area contributed by atoms with Crippen molar-refractivity contribution in [2.45, 2.75) is 3.67 Å². The second-order valence-electron chi connectivity index (χ2n) is 2.58. The molecule has 0 fully saturated rings. The second-order valence-corrected chi connectivity index (χ2v) is 5.67. The van der Waals surface area contributed by atoms with E-state index in [-0.39, 0.29) is 0 Å². The molecule has 0 heterocycles. The maximum absolute atomic E-state index is 3.54. The number of benzene rings is 1. The second kappa shape index (κ2) is 2.98. The van der Waals surface area contributed by atoms with E-state index in [0.29, 0.717) is 0 Å². The van der Waals surface area contributed by atoms with Crippen LogP contribution in [0.15, 0.2) is 28.7 Å². The molecule has 53 valence electrons. The predicted octanol–water partition coefficient (Wildman–Crippen LogP) is 3.06. The van der Waals surface area contributed by atoms with Gasteiger partial charge in [0, 0.05) is 0 Å². The van der Waals surface area contributed by atoms with Gasteiger partial charge in [0.1, 0.15) is 0 Å². The molecule has 0 saturated heterocycles. The Morgan fingerprint density at radius 3 is 2.91 bits per heavy atom. The molecule has 1 unspecified atom stereocenters. The molecule has 1 aliphatic rings. The molecule has 0 aromatic heterocycles. The van der Waals surface area contributed by atoms with Crippen molar-refractivity contribution >= 4 is 22.0 Å². The fourth-order valence-corrected chi connectivity index (χ4v) is 3.06. The molecule has 1 aliphatic carbocycles. The van der Waals surface area contributed by atoms with Gasteiger partial charge in [0.25, 0.3) is 0 Å². The molecule has 0 nitrogen and oxygen atoms in total. The minimum absolute atomic E-state index is 0.725. The molecular weight excluding hydrogens is 366 g/mol. The molecule has 11 heavy (non-hydrogen) atoms. The number of hydrogen-bond donors (Lipinski definition) is 0. The van der Waals surface area contributed by atoms with E-state index < -0.39 is 0 Å². The van der Waals surface area contributed by atoms with Crippen molar-refractivity contribution in [1.82, 2.24) is 0 Å². The Bertz CT molecular complexity index is 317. The summed E-state index contributed by atoms with van der Waals surface area (Å²) in [5.41, 5.74) is 2.87. The van der Waals surface area contributed by atoms with E-state index in [2.05, 4.69) is 46.3 Å². The van der Waals surface area contributed by atoms with Crippen LogP contribution in [-0.4, -0.2) is 0 Å². The molecule has 1 atom stereocenters. The summed E-state index contributed by atoms with van der Waals surface area (Å²) in [7, 11) is 0. The maximum atomic E-state index is 3.54. The Balaban J connectivity index is 2.65. The first kappa shape index (κ1) is 7.93. The van der Waals surface area contributed by atoms with Gasteiger partial charge in [0.05, 0.1) is 0 Å². The quantitative estimate of drug-likeness (QED) is 0.614. The Morgan fingerprint density at radius 2 is 2.18 bits per heavy atom. The summed E-state index contributed by atoms with van der Waals surface area (Å²) in [5, 5.41) is 0. The van der Waals surface area contributed by atoms with Crippen LogP contribution < -0.4 is 0 Å². The van der Waals surface area contributed by atoms with Crippen LogP contribution in [0.1, 0.15) is 14.8 Å². The van der Waals surface area contributed by atoms with E-state index >= 15 is 0 Å². The fourth-order valence-electron chi connectivity index (χ4n) is 1.30. The first-order valence-corrected chi connectivity index (χ1v) is 6.33. The third-order valence-electron chi connectivity index (χ3n) is 1.88. The molecular formula is C9H6BrHf. The Hall–Kier alpha value is 0.310. The molecule has 2 rings (SSSR count). The van der Waals surface area contributed by atoms with Crippen molar-refractivity contribution < 1.29 is 24.4 Å². The molecule has 0 aliphatic heterocycles. The molecule has 1 aromatic carbocycles. The Kier molecular flexibility index (Phi) is 2.15. The van der Waals surface area contributed by atoms with E-state index in [1.807, 2.05) is 0 Å². The Labute approximate surface area is 89.4 Å². The van der Waals surface area contributed by atoms with Crippen molar-refractivity contribution in [3.05, 3.63) is 39.9 Å².